The first kappa shape index (κ1) is 25.2. The van der Waals surface area contributed by atoms with Gasteiger partial charge in [0.2, 0.25) is 0 Å². The van der Waals surface area contributed by atoms with Crippen molar-refractivity contribution in [1.82, 2.24) is 0 Å². The molecular formula is C21H46O2. The lowest BCUT2D eigenvalue weighted by molar-refractivity contribution is 0.0860. The zero-order chi connectivity index (χ0) is 17.6. The zero-order valence-electron chi connectivity index (χ0n) is 16.5. The minimum atomic E-state index is -0.490. The van der Waals surface area contributed by atoms with Crippen LogP contribution in [0.2, 0.25) is 0 Å². The summed E-state index contributed by atoms with van der Waals surface area (Å²) in [6.45, 7) is 6.67. The monoisotopic (exact) mass is 330 g/mol. The Hall–Kier alpha value is -0.0800. The van der Waals surface area contributed by atoms with Gasteiger partial charge in [0.1, 0.15) is 0 Å². The third-order valence-corrected chi connectivity index (χ3v) is 4.31. The van der Waals surface area contributed by atoms with Gasteiger partial charge in [-0.2, -0.15) is 0 Å². The highest BCUT2D eigenvalue weighted by Gasteiger charge is 2.00. The van der Waals surface area contributed by atoms with Gasteiger partial charge in [0, 0.05) is 0 Å². The number of aliphatic hydroxyl groups is 2. The number of aliphatic hydroxyl groups excluding tert-OH is 2. The van der Waals surface area contributed by atoms with E-state index in [0.717, 1.165) is 12.8 Å². The van der Waals surface area contributed by atoms with E-state index in [1.54, 1.807) is 0 Å². The predicted octanol–water partition coefficient (Wildman–Crippen LogP) is 6.63. The second-order valence-corrected chi connectivity index (χ2v) is 6.87. The van der Waals surface area contributed by atoms with Crippen molar-refractivity contribution in [2.75, 3.05) is 6.61 Å². The molecule has 0 radical (unpaired) electrons. The fraction of sp³-hybridized carbons (Fsp3) is 1.00. The van der Waals surface area contributed by atoms with Crippen LogP contribution in [0.1, 0.15) is 124 Å². The molecule has 2 nitrogen and oxygen atoms in total. The molecule has 0 fully saturated rings. The first-order chi connectivity index (χ1) is 11.2. The summed E-state index contributed by atoms with van der Waals surface area (Å²) in [6, 6.07) is 0. The molecule has 0 heterocycles. The molecule has 23 heavy (non-hydrogen) atoms. The molecule has 0 aromatic rings. The lowest BCUT2D eigenvalue weighted by atomic mass is 10.1. The van der Waals surface area contributed by atoms with Crippen LogP contribution in [0.15, 0.2) is 0 Å². The predicted molar refractivity (Wildman–Crippen MR) is 104 cm³/mol. The quantitative estimate of drug-likeness (QED) is 0.312. The smallest absolute Gasteiger partial charge is 0.0770 e. The first-order valence-electron chi connectivity index (χ1n) is 10.5. The van der Waals surface area contributed by atoms with E-state index < -0.39 is 6.10 Å². The van der Waals surface area contributed by atoms with Crippen LogP contribution < -0.4 is 0 Å². The fourth-order valence-electron chi connectivity index (χ4n) is 2.64. The molecule has 2 N–H and O–H groups in total. The van der Waals surface area contributed by atoms with Gasteiger partial charge in [-0.25, -0.2) is 0 Å². The Morgan fingerprint density at radius 1 is 0.522 bits per heavy atom. The summed E-state index contributed by atoms with van der Waals surface area (Å²) < 4.78 is 0. The number of hydrogen-bond acceptors (Lipinski definition) is 2. The summed E-state index contributed by atoms with van der Waals surface area (Å²) in [7, 11) is 0. The highest BCUT2D eigenvalue weighted by molar-refractivity contribution is 4.53. The van der Waals surface area contributed by atoms with Crippen LogP contribution in [0.25, 0.3) is 0 Å². The van der Waals surface area contributed by atoms with Gasteiger partial charge in [-0.15, -0.1) is 0 Å². The van der Waals surface area contributed by atoms with E-state index in [0.29, 0.717) is 0 Å². The molecule has 0 aliphatic carbocycles. The maximum Gasteiger partial charge on any atom is 0.0770 e. The normalized spacial score (nSPS) is 11.9. The molecule has 1 atom stereocenters. The van der Waals surface area contributed by atoms with Crippen LogP contribution in [-0.4, -0.2) is 22.9 Å². The van der Waals surface area contributed by atoms with E-state index in [1.165, 1.54) is 89.9 Å². The molecule has 0 amide bonds. The second-order valence-electron chi connectivity index (χ2n) is 6.87. The summed E-state index contributed by atoms with van der Waals surface area (Å²) in [5.74, 6) is 0. The van der Waals surface area contributed by atoms with Gasteiger partial charge in [-0.1, -0.05) is 117 Å². The van der Waals surface area contributed by atoms with Crippen LogP contribution in [0, 0.1) is 0 Å². The SMILES string of the molecule is CCCCCCCCC(O)CO.CCCCCCCCCCC. The largest absolute Gasteiger partial charge is 0.394 e. The van der Waals surface area contributed by atoms with Crippen molar-refractivity contribution in [2.24, 2.45) is 0 Å². The van der Waals surface area contributed by atoms with E-state index in [4.69, 9.17) is 10.2 Å². The summed E-state index contributed by atoms with van der Waals surface area (Å²) in [6.07, 6.45) is 20.6. The van der Waals surface area contributed by atoms with Gasteiger partial charge in [0.05, 0.1) is 12.7 Å². The lowest BCUT2D eigenvalue weighted by Gasteiger charge is -2.05. The summed E-state index contributed by atoms with van der Waals surface area (Å²) in [4.78, 5) is 0. The van der Waals surface area contributed by atoms with Gasteiger partial charge in [-0.05, 0) is 6.42 Å². The average Bonchev–Trinajstić information content (AvgIpc) is 2.57. The Balaban J connectivity index is 0. The van der Waals surface area contributed by atoms with Crippen molar-refractivity contribution < 1.29 is 10.2 Å². The third-order valence-electron chi connectivity index (χ3n) is 4.31. The van der Waals surface area contributed by atoms with Crippen molar-refractivity contribution in [3.05, 3.63) is 0 Å². The molecule has 0 aliphatic rings. The lowest BCUT2D eigenvalue weighted by Crippen LogP contribution is -2.10. The van der Waals surface area contributed by atoms with Gasteiger partial charge >= 0.3 is 0 Å². The molecule has 0 saturated carbocycles. The summed E-state index contributed by atoms with van der Waals surface area (Å²) in [5.41, 5.74) is 0. The zero-order valence-corrected chi connectivity index (χ0v) is 16.5. The standard InChI is InChI=1S/C11H24.C10H22O2/c1-3-5-7-9-11-10-8-6-4-2;1-2-3-4-5-6-7-8-10(12)9-11/h3-11H2,1-2H3;10-12H,2-9H2,1H3. The van der Waals surface area contributed by atoms with Crippen molar-refractivity contribution in [1.29, 1.82) is 0 Å². The molecule has 142 valence electrons. The summed E-state index contributed by atoms with van der Waals surface area (Å²) >= 11 is 0. The Labute approximate surface area is 147 Å². The second kappa shape index (κ2) is 24.2. The average molecular weight is 331 g/mol. The summed E-state index contributed by atoms with van der Waals surface area (Å²) in [5, 5.41) is 17.5. The van der Waals surface area contributed by atoms with E-state index in [-0.39, 0.29) is 6.61 Å². The third kappa shape index (κ3) is 27.1. The number of hydrogen-bond donors (Lipinski definition) is 2. The maximum atomic E-state index is 9.01. The van der Waals surface area contributed by atoms with Crippen LogP contribution >= 0.6 is 0 Å². The molecule has 1 unspecified atom stereocenters. The Kier molecular flexibility index (Phi) is 26.5. The van der Waals surface area contributed by atoms with E-state index >= 15 is 0 Å². The van der Waals surface area contributed by atoms with E-state index in [2.05, 4.69) is 20.8 Å². The van der Waals surface area contributed by atoms with Crippen LogP contribution in [0.3, 0.4) is 0 Å². The number of rotatable bonds is 16. The minimum absolute atomic E-state index is 0.0883. The van der Waals surface area contributed by atoms with Crippen molar-refractivity contribution >= 4 is 0 Å². The molecule has 0 rings (SSSR count). The van der Waals surface area contributed by atoms with E-state index in [1.807, 2.05) is 0 Å². The fourth-order valence-corrected chi connectivity index (χ4v) is 2.64. The number of unbranched alkanes of at least 4 members (excludes halogenated alkanes) is 13. The molecular weight excluding hydrogens is 284 g/mol. The van der Waals surface area contributed by atoms with Crippen LogP contribution in [0.5, 0.6) is 0 Å². The molecule has 2 heteroatoms. The molecule has 0 spiro atoms. The topological polar surface area (TPSA) is 40.5 Å². The van der Waals surface area contributed by atoms with Gasteiger partial charge in [-0.3, -0.25) is 0 Å². The van der Waals surface area contributed by atoms with Crippen molar-refractivity contribution in [3.63, 3.8) is 0 Å². The molecule has 0 saturated heterocycles. The Morgan fingerprint density at radius 3 is 1.13 bits per heavy atom. The Bertz CT molecular complexity index is 175. The molecule has 0 aromatic heterocycles. The van der Waals surface area contributed by atoms with Crippen molar-refractivity contribution in [2.45, 2.75) is 130 Å². The van der Waals surface area contributed by atoms with Crippen LogP contribution in [-0.2, 0) is 0 Å². The highest BCUT2D eigenvalue weighted by atomic mass is 16.3. The Morgan fingerprint density at radius 2 is 0.826 bits per heavy atom. The molecule has 0 bridgehead atoms. The maximum absolute atomic E-state index is 9.01. The first-order valence-corrected chi connectivity index (χ1v) is 10.5. The molecule has 0 aliphatic heterocycles. The minimum Gasteiger partial charge on any atom is -0.394 e. The van der Waals surface area contributed by atoms with Crippen molar-refractivity contribution in [3.8, 4) is 0 Å². The van der Waals surface area contributed by atoms with E-state index in [9.17, 15) is 0 Å². The van der Waals surface area contributed by atoms with Gasteiger partial charge in [0.25, 0.3) is 0 Å². The van der Waals surface area contributed by atoms with Gasteiger partial charge in [0.15, 0.2) is 0 Å². The highest BCUT2D eigenvalue weighted by Crippen LogP contribution is 2.09. The van der Waals surface area contributed by atoms with Gasteiger partial charge < -0.3 is 10.2 Å². The molecule has 0 aromatic carbocycles. The van der Waals surface area contributed by atoms with Crippen LogP contribution in [0.4, 0.5) is 0 Å².